The van der Waals surface area contributed by atoms with E-state index < -0.39 is 11.6 Å². The van der Waals surface area contributed by atoms with Gasteiger partial charge in [0, 0.05) is 59.4 Å². The Kier molecular flexibility index (Phi) is 7.36. The van der Waals surface area contributed by atoms with Crippen molar-refractivity contribution in [1.29, 1.82) is 0 Å². The number of aromatic hydroxyl groups is 1. The molecule has 0 radical (unpaired) electrons. The lowest BCUT2D eigenvalue weighted by Crippen LogP contribution is -2.55. The first-order chi connectivity index (χ1) is 21.0. The van der Waals surface area contributed by atoms with E-state index in [0.717, 1.165) is 64.7 Å². The predicted molar refractivity (Wildman–Crippen MR) is 160 cm³/mol. The standard InChI is InChI=1S/C34H34F2N4O3/c1-2-25-27(35)9-8-21-16-24(41)17-26(29(21)25)32-30(36)31-22(18-37-32)19-38-33(39-31)43-20-34-11-3-7-28(34)40(13-5-12-34)23-6-4-14-42-15-10-23/h1,8-9,16-19,23,28,41H,3-7,10-15,20H2/t23?,28-,34-/m1/s1. The van der Waals surface area contributed by atoms with E-state index in [1.807, 2.05) is 0 Å². The van der Waals surface area contributed by atoms with Crippen LogP contribution in [0.25, 0.3) is 32.9 Å². The summed E-state index contributed by atoms with van der Waals surface area (Å²) in [5, 5.41) is 11.6. The van der Waals surface area contributed by atoms with Crippen molar-refractivity contribution in [3.8, 4) is 35.4 Å². The van der Waals surface area contributed by atoms with Crippen LogP contribution in [0, 0.1) is 29.4 Å². The minimum Gasteiger partial charge on any atom is -0.508 e. The number of hydrogen-bond donors (Lipinski definition) is 1. The molecule has 1 saturated carbocycles. The molecule has 3 fully saturated rings. The number of likely N-dealkylation sites (tertiary alicyclic amines) is 1. The summed E-state index contributed by atoms with van der Waals surface area (Å²) in [6.07, 6.45) is 17.5. The molecular formula is C34H34F2N4O3. The summed E-state index contributed by atoms with van der Waals surface area (Å²) in [6, 6.07) is 6.62. The Hall–Kier alpha value is -3.87. The van der Waals surface area contributed by atoms with E-state index in [0.29, 0.717) is 34.8 Å². The number of nitrogens with zero attached hydrogens (tertiary/aromatic N) is 4. The zero-order valence-corrected chi connectivity index (χ0v) is 24.0. The molecule has 222 valence electrons. The first-order valence-corrected chi connectivity index (χ1v) is 15.2. The van der Waals surface area contributed by atoms with Gasteiger partial charge in [-0.05, 0) is 75.1 Å². The Bertz CT molecular complexity index is 1730. The van der Waals surface area contributed by atoms with Gasteiger partial charge in [-0.1, -0.05) is 18.4 Å². The highest BCUT2D eigenvalue weighted by molar-refractivity contribution is 6.02. The monoisotopic (exact) mass is 584 g/mol. The Morgan fingerprint density at radius 2 is 1.91 bits per heavy atom. The van der Waals surface area contributed by atoms with Crippen molar-refractivity contribution in [2.24, 2.45) is 5.41 Å². The fraction of sp³-hybridized carbons (Fsp3) is 0.441. The van der Waals surface area contributed by atoms with Crippen molar-refractivity contribution in [3.63, 3.8) is 0 Å². The Balaban J connectivity index is 1.20. The van der Waals surface area contributed by atoms with Crippen LogP contribution in [0.15, 0.2) is 36.7 Å². The number of rotatable bonds is 5. The summed E-state index contributed by atoms with van der Waals surface area (Å²) < 4.78 is 42.8. The molecule has 1 aliphatic carbocycles. The van der Waals surface area contributed by atoms with E-state index in [4.69, 9.17) is 15.9 Å². The largest absolute Gasteiger partial charge is 0.508 e. The second-order valence-electron chi connectivity index (χ2n) is 12.1. The lowest BCUT2D eigenvalue weighted by Gasteiger charge is -2.49. The Labute approximate surface area is 249 Å². The molecule has 7 rings (SSSR count). The van der Waals surface area contributed by atoms with Crippen LogP contribution in [0.2, 0.25) is 0 Å². The topological polar surface area (TPSA) is 80.6 Å². The summed E-state index contributed by atoms with van der Waals surface area (Å²) in [5.74, 6) is 0.913. The molecule has 43 heavy (non-hydrogen) atoms. The van der Waals surface area contributed by atoms with Gasteiger partial charge >= 0.3 is 6.01 Å². The van der Waals surface area contributed by atoms with Crippen LogP contribution in [0.4, 0.5) is 8.78 Å². The van der Waals surface area contributed by atoms with Crippen LogP contribution in [-0.4, -0.2) is 63.4 Å². The molecule has 7 nitrogen and oxygen atoms in total. The number of benzene rings is 2. The third kappa shape index (κ3) is 4.96. The molecule has 9 heteroatoms. The second kappa shape index (κ2) is 11.3. The molecule has 1 N–H and O–H groups in total. The van der Waals surface area contributed by atoms with E-state index in [1.165, 1.54) is 43.1 Å². The lowest BCUT2D eigenvalue weighted by molar-refractivity contribution is -0.0266. The number of piperidine rings is 1. The fourth-order valence-corrected chi connectivity index (χ4v) is 7.76. The van der Waals surface area contributed by atoms with Gasteiger partial charge in [0.05, 0.1) is 12.2 Å². The molecule has 0 amide bonds. The number of ether oxygens (including phenoxy) is 2. The number of terminal acetylenes is 1. The number of hydrogen-bond acceptors (Lipinski definition) is 7. The maximum atomic E-state index is 16.2. The van der Waals surface area contributed by atoms with Crippen LogP contribution >= 0.6 is 0 Å². The van der Waals surface area contributed by atoms with Gasteiger partial charge in [0.2, 0.25) is 0 Å². The summed E-state index contributed by atoms with van der Waals surface area (Å²) >= 11 is 0. The van der Waals surface area contributed by atoms with Gasteiger partial charge in [-0.2, -0.15) is 4.98 Å². The molecule has 3 aliphatic rings. The quantitative estimate of drug-likeness (QED) is 0.272. The summed E-state index contributed by atoms with van der Waals surface area (Å²) in [5.41, 5.74) is 0.117. The van der Waals surface area contributed by atoms with Crippen LogP contribution in [0.1, 0.15) is 56.9 Å². The van der Waals surface area contributed by atoms with Gasteiger partial charge in [-0.25, -0.2) is 13.8 Å². The van der Waals surface area contributed by atoms with Gasteiger partial charge in [0.15, 0.2) is 5.82 Å². The molecule has 2 aromatic heterocycles. The van der Waals surface area contributed by atoms with Crippen LogP contribution in [-0.2, 0) is 4.74 Å². The molecule has 0 bridgehead atoms. The number of pyridine rings is 1. The predicted octanol–water partition coefficient (Wildman–Crippen LogP) is 6.39. The van der Waals surface area contributed by atoms with E-state index in [1.54, 1.807) is 0 Å². The first kappa shape index (κ1) is 27.9. The average Bonchev–Trinajstić information content (AvgIpc) is 3.27. The maximum absolute atomic E-state index is 16.2. The molecule has 1 unspecified atom stereocenters. The van der Waals surface area contributed by atoms with Crippen LogP contribution < -0.4 is 4.74 Å². The van der Waals surface area contributed by atoms with Gasteiger partial charge < -0.3 is 14.6 Å². The number of halogens is 2. The van der Waals surface area contributed by atoms with Crippen molar-refractivity contribution < 1.29 is 23.4 Å². The Morgan fingerprint density at radius 3 is 2.79 bits per heavy atom. The van der Waals surface area contributed by atoms with Crippen molar-refractivity contribution in [3.05, 3.63) is 53.9 Å². The maximum Gasteiger partial charge on any atom is 0.317 e. The minimum absolute atomic E-state index is 0.0157. The van der Waals surface area contributed by atoms with E-state index >= 15 is 4.39 Å². The molecule has 0 spiro atoms. The highest BCUT2D eigenvalue weighted by atomic mass is 19.1. The lowest BCUT2D eigenvalue weighted by atomic mass is 9.74. The number of phenolic OH excluding ortho intramolecular Hbond substituents is 1. The Morgan fingerprint density at radius 1 is 1.05 bits per heavy atom. The molecule has 3 atom stereocenters. The zero-order chi connectivity index (χ0) is 29.6. The van der Waals surface area contributed by atoms with E-state index in [-0.39, 0.29) is 39.5 Å². The highest BCUT2D eigenvalue weighted by Gasteiger charge is 2.50. The molecule has 4 aromatic rings. The van der Waals surface area contributed by atoms with Crippen molar-refractivity contribution in [2.75, 3.05) is 26.4 Å². The SMILES string of the molecule is C#Cc1c(F)ccc2cc(O)cc(-c3ncc4cnc(OC[C@]56CCC[C@H]5N(C5CCCOCC5)CCC6)nc4c3F)c12. The second-order valence-corrected chi connectivity index (χ2v) is 12.1. The molecular weight excluding hydrogens is 550 g/mol. The fourth-order valence-electron chi connectivity index (χ4n) is 7.76. The van der Waals surface area contributed by atoms with Crippen molar-refractivity contribution >= 4 is 21.7 Å². The van der Waals surface area contributed by atoms with Crippen LogP contribution in [0.3, 0.4) is 0 Å². The van der Waals surface area contributed by atoms with E-state index in [9.17, 15) is 9.50 Å². The summed E-state index contributed by atoms with van der Waals surface area (Å²) in [7, 11) is 0. The number of aromatic nitrogens is 3. The number of phenols is 1. The number of fused-ring (bicyclic) bond motifs is 3. The summed E-state index contributed by atoms with van der Waals surface area (Å²) in [6.45, 7) is 3.26. The normalized spacial score (nSPS) is 24.5. The summed E-state index contributed by atoms with van der Waals surface area (Å²) in [4.78, 5) is 15.9. The van der Waals surface area contributed by atoms with E-state index in [2.05, 4.69) is 25.8 Å². The molecule has 2 saturated heterocycles. The third-order valence-electron chi connectivity index (χ3n) is 9.72. The smallest absolute Gasteiger partial charge is 0.317 e. The first-order valence-electron chi connectivity index (χ1n) is 15.2. The van der Waals surface area contributed by atoms with Crippen LogP contribution in [0.5, 0.6) is 11.8 Å². The molecule has 4 heterocycles. The highest BCUT2D eigenvalue weighted by Crippen LogP contribution is 2.49. The average molecular weight is 585 g/mol. The third-order valence-corrected chi connectivity index (χ3v) is 9.72. The van der Waals surface area contributed by atoms with Crippen molar-refractivity contribution in [1.82, 2.24) is 19.9 Å². The minimum atomic E-state index is -0.722. The van der Waals surface area contributed by atoms with Gasteiger partial charge in [-0.15, -0.1) is 6.42 Å². The van der Waals surface area contributed by atoms with Gasteiger partial charge in [-0.3, -0.25) is 9.88 Å². The zero-order valence-electron chi connectivity index (χ0n) is 24.0. The van der Waals surface area contributed by atoms with Gasteiger partial charge in [0.1, 0.15) is 22.8 Å². The molecule has 2 aliphatic heterocycles. The molecule has 2 aromatic carbocycles. The van der Waals surface area contributed by atoms with Crippen molar-refractivity contribution in [2.45, 2.75) is 63.5 Å². The van der Waals surface area contributed by atoms with Gasteiger partial charge in [0.25, 0.3) is 0 Å².